The Bertz CT molecular complexity index is 302. The van der Waals surface area contributed by atoms with Crippen molar-refractivity contribution in [2.45, 2.75) is 58.9 Å². The molecule has 0 radical (unpaired) electrons. The van der Waals surface area contributed by atoms with Gasteiger partial charge in [-0.1, -0.05) is 52.0 Å². The fourth-order valence-corrected chi connectivity index (χ4v) is 2.59. The van der Waals surface area contributed by atoms with E-state index in [4.69, 9.17) is 0 Å². The molecule has 0 heterocycles. The molecule has 1 heteroatoms. The summed E-state index contributed by atoms with van der Waals surface area (Å²) in [6, 6.07) is 9.78. The van der Waals surface area contributed by atoms with Crippen LogP contribution in [0.4, 0.5) is 0 Å². The van der Waals surface area contributed by atoms with Gasteiger partial charge in [-0.15, -0.1) is 0 Å². The molecule has 1 rings (SSSR count). The van der Waals surface area contributed by atoms with Gasteiger partial charge in [0.25, 0.3) is 0 Å². The van der Waals surface area contributed by atoms with Crippen molar-refractivity contribution in [1.82, 2.24) is 5.32 Å². The fraction of sp³-hybridized carbons (Fsp3) is 0.625. The summed E-state index contributed by atoms with van der Waals surface area (Å²) in [4.78, 5) is 0. The molecule has 0 saturated heterocycles. The number of hydrogen-bond acceptors (Lipinski definition) is 1. The molecule has 2 atom stereocenters. The van der Waals surface area contributed by atoms with Gasteiger partial charge in [-0.2, -0.15) is 0 Å². The van der Waals surface area contributed by atoms with Crippen LogP contribution >= 0.6 is 0 Å². The van der Waals surface area contributed by atoms with E-state index in [9.17, 15) is 0 Å². The highest BCUT2D eigenvalue weighted by molar-refractivity contribution is 5.26. The van der Waals surface area contributed by atoms with E-state index in [0.29, 0.717) is 12.0 Å². The Morgan fingerprint density at radius 2 is 1.59 bits per heavy atom. The average molecular weight is 233 g/mol. The van der Waals surface area contributed by atoms with Crippen LogP contribution in [0.1, 0.15) is 57.6 Å². The quantitative estimate of drug-likeness (QED) is 0.746. The van der Waals surface area contributed by atoms with Gasteiger partial charge in [0.05, 0.1) is 0 Å². The molecule has 0 amide bonds. The second-order valence-electron chi connectivity index (χ2n) is 4.68. The van der Waals surface area contributed by atoms with Crippen LogP contribution in [0.3, 0.4) is 0 Å². The zero-order chi connectivity index (χ0) is 12.7. The van der Waals surface area contributed by atoms with Crippen LogP contribution < -0.4 is 5.32 Å². The zero-order valence-corrected chi connectivity index (χ0v) is 11.8. The molecule has 0 aliphatic rings. The van der Waals surface area contributed by atoms with Crippen LogP contribution in [0.5, 0.6) is 0 Å². The van der Waals surface area contributed by atoms with Crippen LogP contribution in [0, 0.1) is 0 Å². The first-order valence-electron chi connectivity index (χ1n) is 7.08. The van der Waals surface area contributed by atoms with E-state index in [1.54, 1.807) is 0 Å². The molecule has 0 aliphatic heterocycles. The van der Waals surface area contributed by atoms with Crippen LogP contribution in [0.2, 0.25) is 0 Å². The molecule has 0 fully saturated rings. The maximum absolute atomic E-state index is 3.61. The monoisotopic (exact) mass is 233 g/mol. The smallest absolute Gasteiger partial charge is 0.0133 e. The Labute approximate surface area is 107 Å². The number of aryl methyl sites for hydroxylation is 1. The van der Waals surface area contributed by atoms with Crippen molar-refractivity contribution in [3.8, 4) is 0 Å². The van der Waals surface area contributed by atoms with E-state index in [1.165, 1.54) is 24.0 Å². The van der Waals surface area contributed by atoms with Gasteiger partial charge in [0.2, 0.25) is 0 Å². The minimum absolute atomic E-state index is 0.609. The Morgan fingerprint density at radius 1 is 0.941 bits per heavy atom. The molecule has 96 valence electrons. The average Bonchev–Trinajstić information content (AvgIpc) is 2.39. The summed E-state index contributed by atoms with van der Waals surface area (Å²) in [6.07, 6.45) is 3.53. The lowest BCUT2D eigenvalue weighted by Crippen LogP contribution is -2.34. The molecule has 1 aromatic rings. The molecule has 0 spiro atoms. The van der Waals surface area contributed by atoms with Gasteiger partial charge in [0.1, 0.15) is 0 Å². The number of rotatable bonds is 7. The molecular formula is C16H27N. The highest BCUT2D eigenvalue weighted by Crippen LogP contribution is 2.25. The maximum atomic E-state index is 3.61. The number of likely N-dealkylation sites (N-methyl/N-ethyl adjacent to an activating group) is 1. The van der Waals surface area contributed by atoms with Crippen molar-refractivity contribution in [3.05, 3.63) is 35.4 Å². The second kappa shape index (κ2) is 7.50. The van der Waals surface area contributed by atoms with Gasteiger partial charge in [-0.05, 0) is 42.9 Å². The van der Waals surface area contributed by atoms with Crippen LogP contribution in [0.25, 0.3) is 0 Å². The van der Waals surface area contributed by atoms with Crippen molar-refractivity contribution in [3.63, 3.8) is 0 Å². The first-order chi connectivity index (χ1) is 8.26. The van der Waals surface area contributed by atoms with Crippen molar-refractivity contribution in [2.24, 2.45) is 0 Å². The minimum Gasteiger partial charge on any atom is -0.314 e. The Hall–Kier alpha value is -0.820. The molecule has 1 nitrogen and oxygen atoms in total. The molecule has 0 aromatic heterocycles. The van der Waals surface area contributed by atoms with Gasteiger partial charge in [0, 0.05) is 6.04 Å². The highest BCUT2D eigenvalue weighted by Gasteiger charge is 2.18. The first-order valence-corrected chi connectivity index (χ1v) is 7.08. The van der Waals surface area contributed by atoms with Crippen molar-refractivity contribution < 1.29 is 0 Å². The van der Waals surface area contributed by atoms with E-state index in [1.807, 2.05) is 0 Å². The topological polar surface area (TPSA) is 12.0 Å². The number of nitrogens with one attached hydrogen (secondary N) is 1. The Balaban J connectivity index is 2.83. The minimum atomic E-state index is 0.609. The fourth-order valence-electron chi connectivity index (χ4n) is 2.59. The van der Waals surface area contributed by atoms with Crippen molar-refractivity contribution >= 4 is 0 Å². The van der Waals surface area contributed by atoms with Gasteiger partial charge in [-0.3, -0.25) is 0 Å². The van der Waals surface area contributed by atoms with Crippen LogP contribution in [0.15, 0.2) is 24.3 Å². The van der Waals surface area contributed by atoms with Crippen molar-refractivity contribution in [1.29, 1.82) is 0 Å². The summed E-state index contributed by atoms with van der Waals surface area (Å²) in [5.74, 6) is 0.644. The van der Waals surface area contributed by atoms with E-state index < -0.39 is 0 Å². The van der Waals surface area contributed by atoms with E-state index >= 15 is 0 Å². The van der Waals surface area contributed by atoms with Gasteiger partial charge in [-0.25, -0.2) is 0 Å². The Kier molecular flexibility index (Phi) is 6.28. The van der Waals surface area contributed by atoms with Gasteiger partial charge < -0.3 is 5.32 Å². The largest absolute Gasteiger partial charge is 0.314 e. The third-order valence-electron chi connectivity index (χ3n) is 3.65. The van der Waals surface area contributed by atoms with Crippen molar-refractivity contribution in [2.75, 3.05) is 6.54 Å². The van der Waals surface area contributed by atoms with Crippen LogP contribution in [-0.2, 0) is 6.42 Å². The SMILES string of the molecule is CCNC(CC)C(CC)c1ccc(CC)cc1. The second-order valence-corrected chi connectivity index (χ2v) is 4.68. The zero-order valence-electron chi connectivity index (χ0n) is 11.8. The molecule has 1 aromatic carbocycles. The first kappa shape index (κ1) is 14.2. The standard InChI is InChI=1S/C16H27N/c1-5-13-9-11-14(12-10-13)15(6-2)16(7-3)17-8-4/h9-12,15-17H,5-8H2,1-4H3. The van der Waals surface area contributed by atoms with Gasteiger partial charge in [0.15, 0.2) is 0 Å². The molecular weight excluding hydrogens is 206 g/mol. The third kappa shape index (κ3) is 3.85. The lowest BCUT2D eigenvalue weighted by molar-refractivity contribution is 0.420. The molecule has 0 saturated carbocycles. The predicted octanol–water partition coefficient (Wildman–Crippen LogP) is 4.13. The van der Waals surface area contributed by atoms with Gasteiger partial charge >= 0.3 is 0 Å². The third-order valence-corrected chi connectivity index (χ3v) is 3.65. The van der Waals surface area contributed by atoms with E-state index in [0.717, 1.165) is 13.0 Å². The summed E-state index contributed by atoms with van der Waals surface area (Å²) >= 11 is 0. The predicted molar refractivity (Wildman–Crippen MR) is 76.6 cm³/mol. The molecule has 17 heavy (non-hydrogen) atoms. The summed E-state index contributed by atoms with van der Waals surface area (Å²) in [7, 11) is 0. The molecule has 0 aliphatic carbocycles. The summed E-state index contributed by atoms with van der Waals surface area (Å²) < 4.78 is 0. The highest BCUT2D eigenvalue weighted by atomic mass is 14.9. The summed E-state index contributed by atoms with van der Waals surface area (Å²) in [5, 5.41) is 3.61. The van der Waals surface area contributed by atoms with Crippen LogP contribution in [-0.4, -0.2) is 12.6 Å². The summed E-state index contributed by atoms with van der Waals surface area (Å²) in [5.41, 5.74) is 2.91. The molecule has 0 bridgehead atoms. The lowest BCUT2D eigenvalue weighted by atomic mass is 9.87. The summed E-state index contributed by atoms with van der Waals surface area (Å²) in [6.45, 7) is 10.0. The number of hydrogen-bond donors (Lipinski definition) is 1. The van der Waals surface area contributed by atoms with E-state index in [2.05, 4.69) is 57.3 Å². The normalized spacial score (nSPS) is 14.6. The number of benzene rings is 1. The maximum Gasteiger partial charge on any atom is 0.0133 e. The molecule has 2 unspecified atom stereocenters. The Morgan fingerprint density at radius 3 is 2.00 bits per heavy atom. The van der Waals surface area contributed by atoms with E-state index in [-0.39, 0.29) is 0 Å². The lowest BCUT2D eigenvalue weighted by Gasteiger charge is -2.26. The molecule has 1 N–H and O–H groups in total.